The van der Waals surface area contributed by atoms with Gasteiger partial charge >= 0.3 is 6.03 Å². The summed E-state index contributed by atoms with van der Waals surface area (Å²) in [5.41, 5.74) is 0.353. The summed E-state index contributed by atoms with van der Waals surface area (Å²) in [5, 5.41) is 2.95. The van der Waals surface area contributed by atoms with Gasteiger partial charge in [-0.25, -0.2) is 4.79 Å². The van der Waals surface area contributed by atoms with E-state index in [-0.39, 0.29) is 6.03 Å². The Kier molecular flexibility index (Phi) is 3.17. The van der Waals surface area contributed by atoms with Crippen LogP contribution in [0.25, 0.3) is 0 Å². The highest BCUT2D eigenvalue weighted by Crippen LogP contribution is 2.36. The first-order valence-corrected chi connectivity index (χ1v) is 4.99. The first kappa shape index (κ1) is 10.4. The van der Waals surface area contributed by atoms with Crippen LogP contribution in [0.5, 0.6) is 0 Å². The Morgan fingerprint density at radius 2 is 1.92 bits per heavy atom. The second kappa shape index (κ2) is 3.99. The van der Waals surface area contributed by atoms with Gasteiger partial charge in [0.1, 0.15) is 0 Å². The highest BCUT2D eigenvalue weighted by Gasteiger charge is 2.28. The molecule has 1 rings (SSSR count). The second-order valence-corrected chi connectivity index (χ2v) is 4.57. The maximum atomic E-state index is 11.3. The minimum atomic E-state index is 0.0214. The quantitative estimate of drug-likeness (QED) is 0.697. The van der Waals surface area contributed by atoms with Crippen LogP contribution in [0.3, 0.4) is 0 Å². The molecule has 0 radical (unpaired) electrons. The maximum Gasteiger partial charge on any atom is 0.316 e. The molecule has 1 fully saturated rings. The van der Waals surface area contributed by atoms with Gasteiger partial charge in [0.15, 0.2) is 0 Å². The summed E-state index contributed by atoms with van der Waals surface area (Å²) >= 11 is 0. The summed E-state index contributed by atoms with van der Waals surface area (Å²) in [5.74, 6) is 0. The lowest BCUT2D eigenvalue weighted by Gasteiger charge is -2.24. The van der Waals surface area contributed by atoms with E-state index in [9.17, 15) is 4.79 Å². The predicted molar refractivity (Wildman–Crippen MR) is 53.7 cm³/mol. The summed E-state index contributed by atoms with van der Waals surface area (Å²) in [4.78, 5) is 12.8. The zero-order valence-corrected chi connectivity index (χ0v) is 8.89. The fourth-order valence-electron chi connectivity index (χ4n) is 1.85. The fraction of sp³-hybridized carbons (Fsp3) is 0.900. The monoisotopic (exact) mass is 184 g/mol. The average molecular weight is 184 g/mol. The zero-order valence-electron chi connectivity index (χ0n) is 8.89. The minimum absolute atomic E-state index is 0.0214. The third-order valence-corrected chi connectivity index (χ3v) is 2.88. The van der Waals surface area contributed by atoms with E-state index < -0.39 is 0 Å². The normalized spacial score (nSPS) is 19.9. The Morgan fingerprint density at radius 1 is 1.38 bits per heavy atom. The Bertz CT molecular complexity index is 183. The molecule has 0 aliphatic heterocycles. The van der Waals surface area contributed by atoms with Gasteiger partial charge in [-0.05, 0) is 18.3 Å². The lowest BCUT2D eigenvalue weighted by molar-refractivity contribution is 0.209. The van der Waals surface area contributed by atoms with Crippen LogP contribution >= 0.6 is 0 Å². The van der Waals surface area contributed by atoms with E-state index in [1.807, 2.05) is 0 Å². The van der Waals surface area contributed by atoms with Crippen molar-refractivity contribution in [3.05, 3.63) is 0 Å². The smallest absolute Gasteiger partial charge is 0.316 e. The molecule has 0 bridgehead atoms. The number of carbonyl (C=O) groups is 1. The van der Waals surface area contributed by atoms with Crippen molar-refractivity contribution < 1.29 is 4.79 Å². The summed E-state index contributed by atoms with van der Waals surface area (Å²) in [7, 11) is 3.54. The lowest BCUT2D eigenvalue weighted by Crippen LogP contribution is -2.40. The van der Waals surface area contributed by atoms with Crippen LogP contribution in [0.1, 0.15) is 32.6 Å². The van der Waals surface area contributed by atoms with Crippen LogP contribution < -0.4 is 5.32 Å². The molecule has 1 aliphatic carbocycles. The number of rotatable bonds is 2. The molecule has 0 saturated heterocycles. The molecule has 76 valence electrons. The van der Waals surface area contributed by atoms with Crippen molar-refractivity contribution in [3.8, 4) is 0 Å². The van der Waals surface area contributed by atoms with Crippen LogP contribution in [-0.4, -0.2) is 31.6 Å². The Labute approximate surface area is 80.5 Å². The van der Waals surface area contributed by atoms with Crippen molar-refractivity contribution in [1.82, 2.24) is 10.2 Å². The number of hydrogen-bond acceptors (Lipinski definition) is 1. The van der Waals surface area contributed by atoms with Crippen molar-refractivity contribution in [2.75, 3.05) is 20.6 Å². The lowest BCUT2D eigenvalue weighted by atomic mass is 9.89. The Morgan fingerprint density at radius 3 is 2.38 bits per heavy atom. The number of amides is 2. The topological polar surface area (TPSA) is 32.3 Å². The van der Waals surface area contributed by atoms with Crippen molar-refractivity contribution in [2.24, 2.45) is 5.41 Å². The fourth-order valence-corrected chi connectivity index (χ4v) is 1.85. The molecular formula is C10H20N2O. The largest absolute Gasteiger partial charge is 0.337 e. The van der Waals surface area contributed by atoms with Gasteiger partial charge in [0, 0.05) is 20.6 Å². The molecule has 0 aromatic rings. The third-order valence-electron chi connectivity index (χ3n) is 2.88. The van der Waals surface area contributed by atoms with Gasteiger partial charge < -0.3 is 10.2 Å². The van der Waals surface area contributed by atoms with Crippen molar-refractivity contribution in [1.29, 1.82) is 0 Å². The number of nitrogens with zero attached hydrogens (tertiary/aromatic N) is 1. The molecule has 13 heavy (non-hydrogen) atoms. The molecule has 0 unspecified atom stereocenters. The maximum absolute atomic E-state index is 11.3. The summed E-state index contributed by atoms with van der Waals surface area (Å²) in [6.07, 6.45) is 5.13. The van der Waals surface area contributed by atoms with E-state index in [0.717, 1.165) is 6.54 Å². The average Bonchev–Trinajstić information content (AvgIpc) is 2.48. The van der Waals surface area contributed by atoms with Crippen molar-refractivity contribution in [3.63, 3.8) is 0 Å². The molecule has 3 heteroatoms. The van der Waals surface area contributed by atoms with Crippen molar-refractivity contribution >= 4 is 6.03 Å². The number of hydrogen-bond donors (Lipinski definition) is 1. The van der Waals surface area contributed by atoms with Crippen LogP contribution in [0, 0.1) is 5.41 Å². The van der Waals surface area contributed by atoms with Crippen molar-refractivity contribution in [2.45, 2.75) is 32.6 Å². The summed E-state index contributed by atoms with van der Waals surface area (Å²) < 4.78 is 0. The van der Waals surface area contributed by atoms with E-state index >= 15 is 0 Å². The molecule has 0 heterocycles. The van der Waals surface area contributed by atoms with Crippen LogP contribution in [-0.2, 0) is 0 Å². The molecule has 1 N–H and O–H groups in total. The van der Waals surface area contributed by atoms with E-state index in [4.69, 9.17) is 0 Å². The number of nitrogens with one attached hydrogen (secondary N) is 1. The van der Waals surface area contributed by atoms with Gasteiger partial charge in [-0.2, -0.15) is 0 Å². The molecule has 0 aromatic carbocycles. The van der Waals surface area contributed by atoms with E-state index in [1.54, 1.807) is 19.0 Å². The van der Waals surface area contributed by atoms with Gasteiger partial charge in [-0.1, -0.05) is 19.8 Å². The number of carbonyl (C=O) groups excluding carboxylic acids is 1. The van der Waals surface area contributed by atoms with E-state index in [2.05, 4.69) is 12.2 Å². The molecule has 3 nitrogen and oxygen atoms in total. The molecule has 0 atom stereocenters. The van der Waals surface area contributed by atoms with Crippen LogP contribution in [0.4, 0.5) is 4.79 Å². The van der Waals surface area contributed by atoms with Crippen LogP contribution in [0.2, 0.25) is 0 Å². The molecular weight excluding hydrogens is 164 g/mol. The third kappa shape index (κ3) is 2.90. The van der Waals surface area contributed by atoms with E-state index in [0.29, 0.717) is 5.41 Å². The van der Waals surface area contributed by atoms with Gasteiger partial charge in [0.25, 0.3) is 0 Å². The predicted octanol–water partition coefficient (Wildman–Crippen LogP) is 1.84. The Balaban J connectivity index is 2.29. The van der Waals surface area contributed by atoms with E-state index in [1.165, 1.54) is 25.7 Å². The standard InChI is InChI=1S/C10H20N2O/c1-10(6-4-5-7-10)8-11-9(13)12(2)3/h4-8H2,1-3H3,(H,11,13). The highest BCUT2D eigenvalue weighted by molar-refractivity contribution is 5.73. The van der Waals surface area contributed by atoms with Crippen LogP contribution in [0.15, 0.2) is 0 Å². The first-order chi connectivity index (χ1) is 6.03. The highest BCUT2D eigenvalue weighted by atomic mass is 16.2. The zero-order chi connectivity index (χ0) is 9.90. The summed E-state index contributed by atoms with van der Waals surface area (Å²) in [6, 6.07) is 0.0214. The Hall–Kier alpha value is -0.730. The molecule has 0 aromatic heterocycles. The van der Waals surface area contributed by atoms with Gasteiger partial charge in [-0.3, -0.25) is 0 Å². The second-order valence-electron chi connectivity index (χ2n) is 4.57. The first-order valence-electron chi connectivity index (χ1n) is 4.99. The van der Waals surface area contributed by atoms with Gasteiger partial charge in [0.2, 0.25) is 0 Å². The van der Waals surface area contributed by atoms with Gasteiger partial charge in [-0.15, -0.1) is 0 Å². The SMILES string of the molecule is CN(C)C(=O)NCC1(C)CCCC1. The minimum Gasteiger partial charge on any atom is -0.337 e. The number of urea groups is 1. The molecule has 0 spiro atoms. The van der Waals surface area contributed by atoms with Gasteiger partial charge in [0.05, 0.1) is 0 Å². The molecule has 2 amide bonds. The molecule has 1 saturated carbocycles. The molecule has 1 aliphatic rings. The summed E-state index contributed by atoms with van der Waals surface area (Å²) in [6.45, 7) is 3.08.